The molecule has 0 aromatic rings. The lowest BCUT2D eigenvalue weighted by atomic mass is 9.89. The highest BCUT2D eigenvalue weighted by atomic mass is 16.5. The predicted molar refractivity (Wildman–Crippen MR) is 75.1 cm³/mol. The molecular weight excluding hydrogens is 292 g/mol. The first-order valence-corrected chi connectivity index (χ1v) is 7.47. The second kappa shape index (κ2) is 8.51. The Hall–Kier alpha value is -1.92. The van der Waals surface area contributed by atoms with Crippen molar-refractivity contribution in [2.45, 2.75) is 58.0 Å². The molecule has 1 aliphatic carbocycles. The third kappa shape index (κ3) is 5.46. The Morgan fingerprint density at radius 2 is 1.77 bits per heavy atom. The molecule has 3 atom stereocenters. The van der Waals surface area contributed by atoms with E-state index in [1.54, 1.807) is 0 Å². The van der Waals surface area contributed by atoms with Crippen LogP contribution in [0.15, 0.2) is 0 Å². The minimum absolute atomic E-state index is 0.0414. The number of hydrogen-bond donors (Lipinski definition) is 2. The van der Waals surface area contributed by atoms with Gasteiger partial charge in [-0.25, -0.2) is 0 Å². The number of rotatable bonds is 9. The zero-order chi connectivity index (χ0) is 16.7. The van der Waals surface area contributed by atoms with E-state index < -0.39 is 35.8 Å². The van der Waals surface area contributed by atoms with Crippen molar-refractivity contribution < 1.29 is 34.1 Å². The first-order chi connectivity index (χ1) is 10.3. The van der Waals surface area contributed by atoms with Crippen LogP contribution in [0.5, 0.6) is 0 Å². The van der Waals surface area contributed by atoms with Crippen LogP contribution in [0.4, 0.5) is 0 Å². The number of unbranched alkanes of at least 4 members (excludes halogenated alkanes) is 3. The molecule has 0 saturated heterocycles. The van der Waals surface area contributed by atoms with Crippen LogP contribution in [0.2, 0.25) is 0 Å². The fourth-order valence-electron chi connectivity index (χ4n) is 2.93. The van der Waals surface area contributed by atoms with Crippen molar-refractivity contribution in [3.8, 4) is 0 Å². The molecule has 2 N–H and O–H groups in total. The topological polar surface area (TPSA) is 118 Å². The Labute approximate surface area is 128 Å². The van der Waals surface area contributed by atoms with E-state index in [2.05, 4.69) is 0 Å². The number of esters is 1. The third-order valence-corrected chi connectivity index (χ3v) is 3.91. The van der Waals surface area contributed by atoms with Gasteiger partial charge in [0.15, 0.2) is 0 Å². The van der Waals surface area contributed by atoms with Gasteiger partial charge in [0.2, 0.25) is 0 Å². The van der Waals surface area contributed by atoms with E-state index in [4.69, 9.17) is 9.84 Å². The number of carbonyl (C=O) groups excluding carboxylic acids is 2. The molecule has 7 nitrogen and oxygen atoms in total. The van der Waals surface area contributed by atoms with Gasteiger partial charge in [-0.1, -0.05) is 19.3 Å². The molecule has 0 amide bonds. The Bertz CT molecular complexity index is 443. The van der Waals surface area contributed by atoms with Gasteiger partial charge in [0, 0.05) is 25.7 Å². The predicted octanol–water partition coefficient (Wildman–Crippen LogP) is 1.63. The molecule has 0 spiro atoms. The fourth-order valence-corrected chi connectivity index (χ4v) is 2.93. The molecular formula is C15H22O7. The summed E-state index contributed by atoms with van der Waals surface area (Å²) >= 11 is 0. The van der Waals surface area contributed by atoms with Gasteiger partial charge in [-0.05, 0) is 12.8 Å². The summed E-state index contributed by atoms with van der Waals surface area (Å²) in [5.74, 6) is -4.31. The van der Waals surface area contributed by atoms with E-state index in [0.717, 1.165) is 12.8 Å². The lowest BCUT2D eigenvalue weighted by Crippen LogP contribution is -2.31. The number of Topliss-reactive ketones (excluding diaryl/α,β-unsaturated/α-hetero) is 1. The van der Waals surface area contributed by atoms with Crippen LogP contribution in [-0.2, 0) is 23.9 Å². The molecule has 1 aliphatic rings. The molecule has 0 aromatic heterocycles. The van der Waals surface area contributed by atoms with Crippen molar-refractivity contribution in [1.82, 2.24) is 0 Å². The second-order valence-electron chi connectivity index (χ2n) is 5.64. The standard InChI is InChI=1S/C15H22O7/c1-9(16)22-12-8-11(17)10(14(12)15(20)21)6-4-2-3-5-7-13(18)19/h10,12,14H,2-8H2,1H3,(H,18,19)(H,20,21)/t10-,12+,14+/m0/s1. The maximum Gasteiger partial charge on any atom is 0.311 e. The molecule has 0 aromatic carbocycles. The summed E-state index contributed by atoms with van der Waals surface area (Å²) < 4.78 is 4.95. The molecule has 0 heterocycles. The number of ketones is 1. The summed E-state index contributed by atoms with van der Waals surface area (Å²) in [6, 6.07) is 0. The number of aliphatic carboxylic acids is 2. The number of carbonyl (C=O) groups is 4. The Kier molecular flexibility index (Phi) is 7.01. The van der Waals surface area contributed by atoms with Crippen LogP contribution in [0.1, 0.15) is 51.9 Å². The Morgan fingerprint density at radius 3 is 2.32 bits per heavy atom. The van der Waals surface area contributed by atoms with Gasteiger partial charge in [0.25, 0.3) is 0 Å². The normalized spacial score (nSPS) is 24.2. The molecule has 22 heavy (non-hydrogen) atoms. The summed E-state index contributed by atoms with van der Waals surface area (Å²) in [5.41, 5.74) is 0. The van der Waals surface area contributed by atoms with Crippen molar-refractivity contribution in [3.05, 3.63) is 0 Å². The third-order valence-electron chi connectivity index (χ3n) is 3.91. The Morgan fingerprint density at radius 1 is 1.14 bits per heavy atom. The highest BCUT2D eigenvalue weighted by Gasteiger charge is 2.48. The van der Waals surface area contributed by atoms with Gasteiger partial charge >= 0.3 is 17.9 Å². The molecule has 1 rings (SSSR count). The first kappa shape index (κ1) is 18.1. The zero-order valence-electron chi connectivity index (χ0n) is 12.6. The maximum absolute atomic E-state index is 12.0. The SMILES string of the molecule is CC(=O)O[C@@H]1CC(=O)[C@H](CCCCCCC(=O)O)[C@H]1C(=O)O. The molecule has 0 aliphatic heterocycles. The van der Waals surface area contributed by atoms with Gasteiger partial charge in [-0.2, -0.15) is 0 Å². The molecule has 0 radical (unpaired) electrons. The van der Waals surface area contributed by atoms with Crippen molar-refractivity contribution in [1.29, 1.82) is 0 Å². The summed E-state index contributed by atoms with van der Waals surface area (Å²) in [5, 5.41) is 17.8. The quantitative estimate of drug-likeness (QED) is 0.490. The van der Waals surface area contributed by atoms with E-state index in [1.165, 1.54) is 6.92 Å². The molecule has 7 heteroatoms. The van der Waals surface area contributed by atoms with E-state index in [9.17, 15) is 24.3 Å². The van der Waals surface area contributed by atoms with E-state index in [1.807, 2.05) is 0 Å². The smallest absolute Gasteiger partial charge is 0.311 e. The highest BCUT2D eigenvalue weighted by Crippen LogP contribution is 2.35. The van der Waals surface area contributed by atoms with Crippen LogP contribution < -0.4 is 0 Å². The number of carboxylic acids is 2. The molecule has 1 saturated carbocycles. The highest BCUT2D eigenvalue weighted by molar-refractivity contribution is 5.91. The summed E-state index contributed by atoms with van der Waals surface area (Å²) in [6.07, 6.45) is 2.36. The lowest BCUT2D eigenvalue weighted by Gasteiger charge is -2.19. The second-order valence-corrected chi connectivity index (χ2v) is 5.64. The Balaban J connectivity index is 2.46. The summed E-state index contributed by atoms with van der Waals surface area (Å²) in [6.45, 7) is 1.19. The first-order valence-electron chi connectivity index (χ1n) is 7.47. The van der Waals surface area contributed by atoms with Gasteiger partial charge < -0.3 is 14.9 Å². The van der Waals surface area contributed by atoms with Crippen LogP contribution >= 0.6 is 0 Å². The molecule has 1 fully saturated rings. The van der Waals surface area contributed by atoms with Gasteiger partial charge in [-0.15, -0.1) is 0 Å². The number of carboxylic acid groups (broad SMARTS) is 2. The monoisotopic (exact) mass is 314 g/mol. The maximum atomic E-state index is 12.0. The van der Waals surface area contributed by atoms with Gasteiger partial charge in [-0.3, -0.25) is 19.2 Å². The van der Waals surface area contributed by atoms with Crippen molar-refractivity contribution in [2.75, 3.05) is 0 Å². The average Bonchev–Trinajstić information content (AvgIpc) is 2.68. The van der Waals surface area contributed by atoms with E-state index >= 15 is 0 Å². The zero-order valence-corrected chi connectivity index (χ0v) is 12.6. The molecule has 124 valence electrons. The van der Waals surface area contributed by atoms with Crippen LogP contribution in [0.25, 0.3) is 0 Å². The van der Waals surface area contributed by atoms with E-state index in [0.29, 0.717) is 19.3 Å². The largest absolute Gasteiger partial charge is 0.481 e. The van der Waals surface area contributed by atoms with Gasteiger partial charge in [0.05, 0.1) is 0 Å². The van der Waals surface area contributed by atoms with Crippen LogP contribution in [0, 0.1) is 11.8 Å². The lowest BCUT2D eigenvalue weighted by molar-refractivity contribution is -0.156. The van der Waals surface area contributed by atoms with Crippen molar-refractivity contribution in [3.63, 3.8) is 0 Å². The number of ether oxygens (including phenoxy) is 1. The van der Waals surface area contributed by atoms with Crippen molar-refractivity contribution >= 4 is 23.7 Å². The fraction of sp³-hybridized carbons (Fsp3) is 0.733. The molecule has 0 bridgehead atoms. The van der Waals surface area contributed by atoms with E-state index in [-0.39, 0.29) is 18.6 Å². The minimum Gasteiger partial charge on any atom is -0.481 e. The van der Waals surface area contributed by atoms with Crippen LogP contribution in [-0.4, -0.2) is 40.0 Å². The summed E-state index contributed by atoms with van der Waals surface area (Å²) in [7, 11) is 0. The summed E-state index contributed by atoms with van der Waals surface area (Å²) in [4.78, 5) is 44.7. The molecule has 0 unspecified atom stereocenters. The minimum atomic E-state index is -1.12. The average molecular weight is 314 g/mol. The number of hydrogen-bond acceptors (Lipinski definition) is 5. The van der Waals surface area contributed by atoms with Crippen LogP contribution in [0.3, 0.4) is 0 Å². The van der Waals surface area contributed by atoms with Crippen molar-refractivity contribution in [2.24, 2.45) is 11.8 Å². The van der Waals surface area contributed by atoms with Gasteiger partial charge in [0.1, 0.15) is 17.8 Å².